The average molecular weight is 245 g/mol. The van der Waals surface area contributed by atoms with Crippen LogP contribution in [0.2, 0.25) is 0 Å². The molecule has 0 aliphatic heterocycles. The Morgan fingerprint density at radius 2 is 2.00 bits per heavy atom. The summed E-state index contributed by atoms with van der Waals surface area (Å²) in [5, 5.41) is 10.5. The van der Waals surface area contributed by atoms with E-state index in [1.165, 1.54) is 0 Å². The van der Waals surface area contributed by atoms with Crippen LogP contribution in [-0.4, -0.2) is 5.97 Å². The zero-order valence-corrected chi connectivity index (χ0v) is 9.29. The Morgan fingerprint density at radius 3 is 2.61 bits per heavy atom. The SMILES string of the molecule is O=C([O-])c1cc(=O)c(OCc2ccccc2)co1. The number of carbonyl (C=O) groups excluding carboxylic acids is 1. The molecule has 0 unspecified atom stereocenters. The highest BCUT2D eigenvalue weighted by molar-refractivity contribution is 5.82. The van der Waals surface area contributed by atoms with Crippen molar-refractivity contribution in [2.45, 2.75) is 6.61 Å². The molecule has 1 aromatic carbocycles. The van der Waals surface area contributed by atoms with Gasteiger partial charge in [-0.3, -0.25) is 4.79 Å². The highest BCUT2D eigenvalue weighted by Crippen LogP contribution is 2.08. The first-order chi connectivity index (χ1) is 8.66. The van der Waals surface area contributed by atoms with Crippen LogP contribution in [0, 0.1) is 0 Å². The Kier molecular flexibility index (Phi) is 3.43. The van der Waals surface area contributed by atoms with Crippen LogP contribution in [0.25, 0.3) is 0 Å². The molecule has 0 aliphatic carbocycles. The summed E-state index contributed by atoms with van der Waals surface area (Å²) in [6.45, 7) is 0.205. The first kappa shape index (κ1) is 11.9. The van der Waals surface area contributed by atoms with Crippen molar-refractivity contribution in [3.63, 3.8) is 0 Å². The molecule has 18 heavy (non-hydrogen) atoms. The Bertz CT molecular complexity index is 600. The van der Waals surface area contributed by atoms with Crippen LogP contribution in [0.5, 0.6) is 5.75 Å². The number of rotatable bonds is 4. The van der Waals surface area contributed by atoms with E-state index in [1.54, 1.807) is 0 Å². The molecule has 0 amide bonds. The molecule has 0 atom stereocenters. The smallest absolute Gasteiger partial charge is 0.227 e. The van der Waals surface area contributed by atoms with Crippen molar-refractivity contribution in [3.05, 3.63) is 64.2 Å². The van der Waals surface area contributed by atoms with Crippen molar-refractivity contribution in [1.29, 1.82) is 0 Å². The van der Waals surface area contributed by atoms with E-state index in [4.69, 9.17) is 9.15 Å². The molecule has 5 nitrogen and oxygen atoms in total. The summed E-state index contributed by atoms with van der Waals surface area (Å²) in [6, 6.07) is 10.1. The predicted octanol–water partition coefficient (Wildman–Crippen LogP) is 0.582. The third kappa shape index (κ3) is 2.76. The largest absolute Gasteiger partial charge is 0.542 e. The average Bonchev–Trinajstić information content (AvgIpc) is 2.38. The maximum Gasteiger partial charge on any atom is 0.227 e. The third-order valence-corrected chi connectivity index (χ3v) is 2.24. The summed E-state index contributed by atoms with van der Waals surface area (Å²) in [4.78, 5) is 21.9. The Labute approximate surface area is 102 Å². The number of carboxylic acid groups (broad SMARTS) is 1. The van der Waals surface area contributed by atoms with Crippen LogP contribution >= 0.6 is 0 Å². The maximum absolute atomic E-state index is 11.5. The second kappa shape index (κ2) is 5.18. The number of hydrogen-bond acceptors (Lipinski definition) is 5. The highest BCUT2D eigenvalue weighted by atomic mass is 16.5. The maximum atomic E-state index is 11.5. The second-order valence-corrected chi connectivity index (χ2v) is 3.53. The lowest BCUT2D eigenvalue weighted by Gasteiger charge is -2.06. The van der Waals surface area contributed by atoms with Gasteiger partial charge in [-0.25, -0.2) is 0 Å². The number of carbonyl (C=O) groups is 1. The van der Waals surface area contributed by atoms with Gasteiger partial charge in [0.15, 0.2) is 5.76 Å². The minimum atomic E-state index is -1.54. The lowest BCUT2D eigenvalue weighted by molar-refractivity contribution is -0.257. The summed E-state index contributed by atoms with van der Waals surface area (Å²) in [5.41, 5.74) is 0.331. The lowest BCUT2D eigenvalue weighted by Crippen LogP contribution is -2.23. The fourth-order valence-electron chi connectivity index (χ4n) is 1.35. The Morgan fingerprint density at radius 1 is 1.28 bits per heavy atom. The number of hydrogen-bond donors (Lipinski definition) is 0. The van der Waals surface area contributed by atoms with Crippen molar-refractivity contribution in [2.75, 3.05) is 0 Å². The van der Waals surface area contributed by atoms with Gasteiger partial charge in [0.2, 0.25) is 11.2 Å². The first-order valence-electron chi connectivity index (χ1n) is 5.18. The van der Waals surface area contributed by atoms with Crippen molar-refractivity contribution in [3.8, 4) is 5.75 Å². The minimum absolute atomic E-state index is 0.0381. The van der Waals surface area contributed by atoms with Crippen molar-refractivity contribution < 1.29 is 19.1 Å². The summed E-state index contributed by atoms with van der Waals surface area (Å²) < 4.78 is 9.94. The van der Waals surface area contributed by atoms with Crippen molar-refractivity contribution >= 4 is 5.97 Å². The second-order valence-electron chi connectivity index (χ2n) is 3.53. The summed E-state index contributed by atoms with van der Waals surface area (Å²) in [6.07, 6.45) is 0.969. The molecule has 0 saturated heterocycles. The minimum Gasteiger partial charge on any atom is -0.542 e. The molecule has 0 spiro atoms. The molecule has 2 aromatic rings. The van der Waals surface area contributed by atoms with E-state index in [1.807, 2.05) is 30.3 Å². The van der Waals surface area contributed by atoms with Crippen molar-refractivity contribution in [1.82, 2.24) is 0 Å². The standard InChI is InChI=1S/C13H10O5/c14-10-6-11(13(15)16)18-8-12(10)17-7-9-4-2-1-3-5-9/h1-6,8H,7H2,(H,15,16)/p-1. The number of ether oxygens (including phenoxy) is 1. The summed E-state index contributed by atoms with van der Waals surface area (Å²) in [7, 11) is 0. The van der Waals surface area contributed by atoms with Crippen LogP contribution in [0.3, 0.4) is 0 Å². The van der Waals surface area contributed by atoms with Gasteiger partial charge >= 0.3 is 0 Å². The van der Waals surface area contributed by atoms with Gasteiger partial charge in [0, 0.05) is 6.07 Å². The van der Waals surface area contributed by atoms with E-state index in [0.29, 0.717) is 0 Å². The molecular formula is C13H9O5-. The van der Waals surface area contributed by atoms with Crippen LogP contribution in [-0.2, 0) is 6.61 Å². The topological polar surface area (TPSA) is 79.6 Å². The molecule has 1 aromatic heterocycles. The molecule has 0 saturated carbocycles. The number of benzene rings is 1. The van der Waals surface area contributed by atoms with Gasteiger partial charge in [0.25, 0.3) is 0 Å². The first-order valence-corrected chi connectivity index (χ1v) is 5.18. The molecule has 92 valence electrons. The molecule has 0 aliphatic rings. The van der Waals surface area contributed by atoms with E-state index >= 15 is 0 Å². The zero-order valence-electron chi connectivity index (χ0n) is 9.29. The van der Waals surface area contributed by atoms with Gasteiger partial charge in [0.05, 0.1) is 0 Å². The Hall–Kier alpha value is -2.56. The van der Waals surface area contributed by atoms with E-state index < -0.39 is 17.2 Å². The lowest BCUT2D eigenvalue weighted by atomic mass is 10.2. The number of aromatic carboxylic acids is 1. The molecule has 0 bridgehead atoms. The van der Waals surface area contributed by atoms with Gasteiger partial charge in [-0.2, -0.15) is 0 Å². The molecule has 0 radical (unpaired) electrons. The van der Waals surface area contributed by atoms with Gasteiger partial charge < -0.3 is 19.1 Å². The van der Waals surface area contributed by atoms with Gasteiger partial charge in [-0.15, -0.1) is 0 Å². The van der Waals surface area contributed by atoms with Crippen LogP contribution < -0.4 is 15.3 Å². The summed E-state index contributed by atoms with van der Waals surface area (Å²) in [5.74, 6) is -2.10. The summed E-state index contributed by atoms with van der Waals surface area (Å²) >= 11 is 0. The third-order valence-electron chi connectivity index (χ3n) is 2.24. The molecule has 0 N–H and O–H groups in total. The van der Waals surface area contributed by atoms with E-state index in [2.05, 4.69) is 0 Å². The molecular weight excluding hydrogens is 236 g/mol. The zero-order chi connectivity index (χ0) is 13.0. The quantitative estimate of drug-likeness (QED) is 0.787. The Balaban J connectivity index is 2.11. The van der Waals surface area contributed by atoms with E-state index in [0.717, 1.165) is 17.9 Å². The van der Waals surface area contributed by atoms with Crippen molar-refractivity contribution in [2.24, 2.45) is 0 Å². The normalized spacial score (nSPS) is 10.0. The van der Waals surface area contributed by atoms with E-state index in [9.17, 15) is 14.7 Å². The van der Waals surface area contributed by atoms with Gasteiger partial charge in [0.1, 0.15) is 18.8 Å². The fourth-order valence-corrected chi connectivity index (χ4v) is 1.35. The van der Waals surface area contributed by atoms with Crippen LogP contribution in [0.4, 0.5) is 0 Å². The van der Waals surface area contributed by atoms with Crippen LogP contribution in [0.15, 0.2) is 51.9 Å². The number of carboxylic acids is 1. The monoisotopic (exact) mass is 245 g/mol. The molecule has 2 rings (SSSR count). The molecule has 0 fully saturated rings. The predicted molar refractivity (Wildman–Crippen MR) is 60.1 cm³/mol. The van der Waals surface area contributed by atoms with Gasteiger partial charge in [-0.1, -0.05) is 30.3 Å². The van der Waals surface area contributed by atoms with E-state index in [-0.39, 0.29) is 12.4 Å². The molecule has 1 heterocycles. The molecule has 5 heteroatoms. The van der Waals surface area contributed by atoms with Gasteiger partial charge in [-0.05, 0) is 5.56 Å². The highest BCUT2D eigenvalue weighted by Gasteiger charge is 2.05. The van der Waals surface area contributed by atoms with Crippen LogP contribution in [0.1, 0.15) is 16.1 Å². The fraction of sp³-hybridized carbons (Fsp3) is 0.0769.